The molecule has 0 radical (unpaired) electrons. The Morgan fingerprint density at radius 3 is 2.48 bits per heavy atom. The van der Waals surface area contributed by atoms with Gasteiger partial charge < -0.3 is 21.1 Å². The number of carbonyl (C=O) groups is 2. The molecule has 0 bridgehead atoms. The molecule has 0 unspecified atom stereocenters. The molecule has 4 N–H and O–H groups in total. The molecule has 1 heterocycles. The van der Waals surface area contributed by atoms with Gasteiger partial charge in [0.2, 0.25) is 11.8 Å². The third-order valence-electron chi connectivity index (χ3n) is 4.07. The number of hydrogen-bond acceptors (Lipinski definition) is 6. The largest absolute Gasteiger partial charge is 0.497 e. The fraction of sp³-hybridized carbons (Fsp3) is 0.421. The number of ether oxygens (including phenoxy) is 1. The highest BCUT2D eigenvalue weighted by atomic mass is 32.1. The lowest BCUT2D eigenvalue weighted by atomic mass is 10.1. The fourth-order valence-corrected chi connectivity index (χ4v) is 3.31. The van der Waals surface area contributed by atoms with E-state index in [9.17, 15) is 9.59 Å². The zero-order chi connectivity index (χ0) is 20.0. The van der Waals surface area contributed by atoms with E-state index in [0.29, 0.717) is 5.13 Å². The number of anilines is 1. The molecule has 0 spiro atoms. The van der Waals surface area contributed by atoms with Crippen LogP contribution in [0.1, 0.15) is 25.6 Å². The predicted molar refractivity (Wildman–Crippen MR) is 108 cm³/mol. The van der Waals surface area contributed by atoms with E-state index in [2.05, 4.69) is 15.6 Å². The second kappa shape index (κ2) is 9.48. The summed E-state index contributed by atoms with van der Waals surface area (Å²) in [4.78, 5) is 29.6. The average molecular weight is 391 g/mol. The number of nitrogens with zero attached hydrogens (tertiary/aromatic N) is 1. The first kappa shape index (κ1) is 20.9. The topological polar surface area (TPSA) is 106 Å². The number of thiazole rings is 1. The Hall–Kier alpha value is -2.45. The van der Waals surface area contributed by atoms with Gasteiger partial charge in [-0.25, -0.2) is 4.98 Å². The van der Waals surface area contributed by atoms with Crippen LogP contribution in [-0.4, -0.2) is 36.5 Å². The zero-order valence-electron chi connectivity index (χ0n) is 16.0. The van der Waals surface area contributed by atoms with Crippen molar-refractivity contribution in [3.05, 3.63) is 29.1 Å². The Morgan fingerprint density at radius 1 is 1.26 bits per heavy atom. The number of aromatic nitrogens is 1. The van der Waals surface area contributed by atoms with E-state index >= 15 is 0 Å². The van der Waals surface area contributed by atoms with Crippen molar-refractivity contribution in [2.45, 2.75) is 33.2 Å². The highest BCUT2D eigenvalue weighted by molar-refractivity contribution is 7.16. The van der Waals surface area contributed by atoms with Crippen molar-refractivity contribution in [3.8, 4) is 17.0 Å². The summed E-state index contributed by atoms with van der Waals surface area (Å²) in [5.41, 5.74) is 7.56. The van der Waals surface area contributed by atoms with Gasteiger partial charge >= 0.3 is 0 Å². The molecule has 0 aliphatic rings. The molecule has 0 fully saturated rings. The molecule has 1 aromatic heterocycles. The van der Waals surface area contributed by atoms with Gasteiger partial charge in [0.05, 0.1) is 25.4 Å². The molecule has 0 aliphatic carbocycles. The molecule has 2 amide bonds. The maximum absolute atomic E-state index is 12.1. The predicted octanol–water partition coefficient (Wildman–Crippen LogP) is 2.42. The minimum atomic E-state index is -0.633. The maximum Gasteiger partial charge on any atom is 0.245 e. The van der Waals surface area contributed by atoms with E-state index in [1.54, 1.807) is 7.11 Å². The maximum atomic E-state index is 12.1. The summed E-state index contributed by atoms with van der Waals surface area (Å²) in [7, 11) is 1.62. The summed E-state index contributed by atoms with van der Waals surface area (Å²) in [6.45, 7) is 5.61. The van der Waals surface area contributed by atoms with Crippen LogP contribution in [0.25, 0.3) is 11.3 Å². The van der Waals surface area contributed by atoms with Gasteiger partial charge in [0, 0.05) is 10.4 Å². The number of carbonyl (C=O) groups excluding carboxylic acids is 2. The van der Waals surface area contributed by atoms with Crippen molar-refractivity contribution < 1.29 is 14.3 Å². The summed E-state index contributed by atoms with van der Waals surface area (Å²) in [6, 6.07) is 6.99. The van der Waals surface area contributed by atoms with Gasteiger partial charge in [-0.2, -0.15) is 0 Å². The summed E-state index contributed by atoms with van der Waals surface area (Å²) >= 11 is 1.43. The third-order valence-corrected chi connectivity index (χ3v) is 5.19. The molecule has 2 aromatic rings. The summed E-state index contributed by atoms with van der Waals surface area (Å²) in [6.07, 6.45) is 0.800. The van der Waals surface area contributed by atoms with Gasteiger partial charge in [-0.3, -0.25) is 9.59 Å². The molecule has 146 valence electrons. The molecule has 0 saturated carbocycles. The van der Waals surface area contributed by atoms with Crippen molar-refractivity contribution in [1.29, 1.82) is 0 Å². The van der Waals surface area contributed by atoms with E-state index in [1.807, 2.05) is 45.0 Å². The number of hydrogen-bond donors (Lipinski definition) is 3. The van der Waals surface area contributed by atoms with Crippen molar-refractivity contribution in [3.63, 3.8) is 0 Å². The lowest BCUT2D eigenvalue weighted by molar-refractivity contribution is -0.125. The van der Waals surface area contributed by atoms with Gasteiger partial charge in [0.25, 0.3) is 0 Å². The monoisotopic (exact) mass is 390 g/mol. The summed E-state index contributed by atoms with van der Waals surface area (Å²) in [5.74, 6) is 0.103. The number of amides is 2. The van der Waals surface area contributed by atoms with Gasteiger partial charge in [-0.15, -0.1) is 11.3 Å². The Labute approximate surface area is 163 Å². The van der Waals surface area contributed by atoms with Gasteiger partial charge in [-0.05, 0) is 36.6 Å². The second-order valence-corrected chi connectivity index (χ2v) is 7.49. The number of aryl methyl sites for hydroxylation is 1. The average Bonchev–Trinajstić information content (AvgIpc) is 3.08. The van der Waals surface area contributed by atoms with E-state index in [-0.39, 0.29) is 24.3 Å². The van der Waals surface area contributed by atoms with Crippen LogP contribution in [0.3, 0.4) is 0 Å². The van der Waals surface area contributed by atoms with Crippen molar-refractivity contribution >= 4 is 28.3 Å². The molecule has 1 atom stereocenters. The Morgan fingerprint density at radius 2 is 1.93 bits per heavy atom. The van der Waals surface area contributed by atoms with Crippen LogP contribution in [0.4, 0.5) is 5.13 Å². The van der Waals surface area contributed by atoms with Crippen molar-refractivity contribution in [1.82, 2.24) is 10.3 Å². The van der Waals surface area contributed by atoms with Crippen LogP contribution in [0.2, 0.25) is 0 Å². The number of rotatable bonds is 8. The summed E-state index contributed by atoms with van der Waals surface area (Å²) < 4.78 is 5.18. The minimum absolute atomic E-state index is 0.00573. The Bertz CT molecular complexity index is 787. The molecular formula is C19H26N4O3S. The van der Waals surface area contributed by atoms with E-state index < -0.39 is 6.04 Å². The van der Waals surface area contributed by atoms with Crippen LogP contribution in [-0.2, 0) is 16.0 Å². The lowest BCUT2D eigenvalue weighted by Gasteiger charge is -2.14. The minimum Gasteiger partial charge on any atom is -0.497 e. The second-order valence-electron chi connectivity index (χ2n) is 6.41. The lowest BCUT2D eigenvalue weighted by Crippen LogP contribution is -2.46. The number of nitrogens with one attached hydrogen (secondary N) is 2. The molecule has 8 heteroatoms. The standard InChI is InChI=1S/C19H26N4O3S/c1-5-14-17(12-6-8-13(26-4)9-7-12)23-19(27-14)22-15(24)10-21-18(25)16(20)11(2)3/h6-9,11,16H,5,10,20H2,1-4H3,(H,21,25)(H,22,23,24)/t16-/m0/s1. The quantitative estimate of drug-likeness (QED) is 0.642. The van der Waals surface area contributed by atoms with E-state index in [4.69, 9.17) is 10.5 Å². The van der Waals surface area contributed by atoms with Gasteiger partial charge in [0.15, 0.2) is 5.13 Å². The Balaban J connectivity index is 2.03. The van der Waals surface area contributed by atoms with E-state index in [0.717, 1.165) is 28.3 Å². The molecule has 0 aliphatic heterocycles. The summed E-state index contributed by atoms with van der Waals surface area (Å²) in [5, 5.41) is 5.80. The first-order chi connectivity index (χ1) is 12.8. The normalized spacial score (nSPS) is 11.9. The van der Waals surface area contributed by atoms with Crippen LogP contribution in [0, 0.1) is 5.92 Å². The third kappa shape index (κ3) is 5.51. The van der Waals surface area contributed by atoms with Crippen LogP contribution >= 0.6 is 11.3 Å². The van der Waals surface area contributed by atoms with E-state index in [1.165, 1.54) is 11.3 Å². The SMILES string of the molecule is CCc1sc(NC(=O)CNC(=O)[C@@H](N)C(C)C)nc1-c1ccc(OC)cc1. The molecular weight excluding hydrogens is 364 g/mol. The number of benzene rings is 1. The first-order valence-electron chi connectivity index (χ1n) is 8.83. The first-order valence-corrected chi connectivity index (χ1v) is 9.64. The van der Waals surface area contributed by atoms with Crippen molar-refractivity contribution in [2.75, 3.05) is 19.0 Å². The van der Waals surface area contributed by atoms with Crippen LogP contribution in [0.5, 0.6) is 5.75 Å². The molecule has 27 heavy (non-hydrogen) atoms. The Kier molecular flexibility index (Phi) is 7.32. The fourth-order valence-electron chi connectivity index (χ4n) is 2.37. The highest BCUT2D eigenvalue weighted by Crippen LogP contribution is 2.32. The molecule has 7 nitrogen and oxygen atoms in total. The van der Waals surface area contributed by atoms with Crippen molar-refractivity contribution in [2.24, 2.45) is 11.7 Å². The molecule has 1 aromatic carbocycles. The molecule has 0 saturated heterocycles. The number of nitrogens with two attached hydrogens (primary N) is 1. The zero-order valence-corrected chi connectivity index (χ0v) is 16.9. The highest BCUT2D eigenvalue weighted by Gasteiger charge is 2.18. The van der Waals surface area contributed by atoms with Gasteiger partial charge in [-0.1, -0.05) is 20.8 Å². The smallest absolute Gasteiger partial charge is 0.245 e. The van der Waals surface area contributed by atoms with Gasteiger partial charge in [0.1, 0.15) is 5.75 Å². The number of methoxy groups -OCH3 is 1. The van der Waals surface area contributed by atoms with Crippen LogP contribution in [0.15, 0.2) is 24.3 Å². The van der Waals surface area contributed by atoms with Crippen LogP contribution < -0.4 is 21.1 Å². The molecule has 2 rings (SSSR count).